The second kappa shape index (κ2) is 10.3. The predicted octanol–water partition coefficient (Wildman–Crippen LogP) is 4.08. The summed E-state index contributed by atoms with van der Waals surface area (Å²) >= 11 is 5.96. The predicted molar refractivity (Wildman–Crippen MR) is 125 cm³/mol. The SMILES string of the molecule is Cc1cc(Cl)ccc1OCC(=O)c1ccc2c(c1)N(CC(=O)NC1CCCCC1)C(=O)CO2. The lowest BCUT2D eigenvalue weighted by molar-refractivity contribution is -0.125. The van der Waals surface area contributed by atoms with Gasteiger partial charge in [-0.3, -0.25) is 19.3 Å². The number of aryl methyl sites for hydroxylation is 1. The largest absolute Gasteiger partial charge is 0.485 e. The van der Waals surface area contributed by atoms with Crippen molar-refractivity contribution in [1.29, 1.82) is 0 Å². The van der Waals surface area contributed by atoms with Gasteiger partial charge in [0.2, 0.25) is 5.91 Å². The summed E-state index contributed by atoms with van der Waals surface area (Å²) in [5.74, 6) is 0.258. The third-order valence-electron chi connectivity index (χ3n) is 5.99. The monoisotopic (exact) mass is 470 g/mol. The van der Waals surface area contributed by atoms with Gasteiger partial charge >= 0.3 is 0 Å². The number of amides is 2. The molecule has 0 bridgehead atoms. The first kappa shape index (κ1) is 23.1. The Hall–Kier alpha value is -3.06. The minimum atomic E-state index is -0.320. The first-order chi connectivity index (χ1) is 15.9. The molecule has 1 aliphatic carbocycles. The zero-order valence-electron chi connectivity index (χ0n) is 18.6. The number of ether oxygens (including phenoxy) is 2. The van der Waals surface area contributed by atoms with E-state index in [4.69, 9.17) is 21.1 Å². The van der Waals surface area contributed by atoms with Crippen LogP contribution >= 0.6 is 11.6 Å². The van der Waals surface area contributed by atoms with Crippen LogP contribution in [-0.2, 0) is 9.59 Å². The molecule has 0 saturated heterocycles. The van der Waals surface area contributed by atoms with Crippen LogP contribution < -0.4 is 19.7 Å². The van der Waals surface area contributed by atoms with Crippen LogP contribution in [0.5, 0.6) is 11.5 Å². The van der Waals surface area contributed by atoms with Gasteiger partial charge in [0.15, 0.2) is 19.0 Å². The number of nitrogens with zero attached hydrogens (tertiary/aromatic N) is 1. The Morgan fingerprint density at radius 2 is 1.94 bits per heavy atom. The quantitative estimate of drug-likeness (QED) is 0.616. The van der Waals surface area contributed by atoms with E-state index in [2.05, 4.69) is 5.32 Å². The van der Waals surface area contributed by atoms with Gasteiger partial charge < -0.3 is 14.8 Å². The van der Waals surface area contributed by atoms with Gasteiger partial charge in [-0.15, -0.1) is 0 Å². The van der Waals surface area contributed by atoms with Crippen molar-refractivity contribution in [1.82, 2.24) is 5.32 Å². The number of benzene rings is 2. The highest BCUT2D eigenvalue weighted by atomic mass is 35.5. The molecule has 1 N–H and O–H groups in total. The molecule has 0 aromatic heterocycles. The van der Waals surface area contributed by atoms with Crippen LogP contribution in [0.15, 0.2) is 36.4 Å². The summed E-state index contributed by atoms with van der Waals surface area (Å²) in [7, 11) is 0. The summed E-state index contributed by atoms with van der Waals surface area (Å²) in [6.45, 7) is 1.43. The fourth-order valence-corrected chi connectivity index (χ4v) is 4.44. The zero-order valence-corrected chi connectivity index (χ0v) is 19.3. The third-order valence-corrected chi connectivity index (χ3v) is 6.23. The van der Waals surface area contributed by atoms with E-state index < -0.39 is 0 Å². The van der Waals surface area contributed by atoms with E-state index in [0.29, 0.717) is 27.8 Å². The first-order valence-electron chi connectivity index (χ1n) is 11.2. The van der Waals surface area contributed by atoms with Gasteiger partial charge in [-0.05, 0) is 61.7 Å². The van der Waals surface area contributed by atoms with Crippen molar-refractivity contribution < 1.29 is 23.9 Å². The van der Waals surface area contributed by atoms with Gasteiger partial charge in [-0.1, -0.05) is 30.9 Å². The lowest BCUT2D eigenvalue weighted by atomic mass is 9.95. The van der Waals surface area contributed by atoms with Crippen molar-refractivity contribution in [2.75, 3.05) is 24.7 Å². The number of hydrogen-bond acceptors (Lipinski definition) is 5. The van der Waals surface area contributed by atoms with Crippen LogP contribution in [0.3, 0.4) is 0 Å². The summed E-state index contributed by atoms with van der Waals surface area (Å²) in [6.07, 6.45) is 5.33. The van der Waals surface area contributed by atoms with E-state index in [0.717, 1.165) is 31.2 Å². The number of carbonyl (C=O) groups excluding carboxylic acids is 3. The smallest absolute Gasteiger partial charge is 0.265 e. The fourth-order valence-electron chi connectivity index (χ4n) is 4.21. The number of hydrogen-bond donors (Lipinski definition) is 1. The summed E-state index contributed by atoms with van der Waals surface area (Å²) in [5.41, 5.74) is 1.62. The lowest BCUT2D eigenvalue weighted by Gasteiger charge is -2.30. The highest BCUT2D eigenvalue weighted by Gasteiger charge is 2.29. The summed E-state index contributed by atoms with van der Waals surface area (Å²) in [6, 6.07) is 10.2. The molecule has 2 amide bonds. The van der Waals surface area contributed by atoms with E-state index >= 15 is 0 Å². The normalized spacial score (nSPS) is 16.1. The first-order valence-corrected chi connectivity index (χ1v) is 11.6. The Morgan fingerprint density at radius 3 is 2.70 bits per heavy atom. The molecule has 0 atom stereocenters. The van der Waals surface area contributed by atoms with Gasteiger partial charge in [0.05, 0.1) is 5.69 Å². The molecule has 1 fully saturated rings. The molecular weight excluding hydrogens is 444 g/mol. The second-order valence-electron chi connectivity index (χ2n) is 8.48. The fraction of sp³-hybridized carbons (Fsp3) is 0.400. The van der Waals surface area contributed by atoms with Crippen molar-refractivity contribution >= 4 is 34.9 Å². The minimum Gasteiger partial charge on any atom is -0.485 e. The number of fused-ring (bicyclic) bond motifs is 1. The summed E-state index contributed by atoms with van der Waals surface area (Å²) in [4.78, 5) is 39.3. The van der Waals surface area contributed by atoms with Crippen LogP contribution in [0.25, 0.3) is 0 Å². The van der Waals surface area contributed by atoms with Crippen molar-refractivity contribution in [3.8, 4) is 11.5 Å². The average Bonchev–Trinajstić information content (AvgIpc) is 2.80. The van der Waals surface area contributed by atoms with E-state index in [1.54, 1.807) is 36.4 Å². The number of ketones is 1. The Kier molecular flexibility index (Phi) is 7.18. The van der Waals surface area contributed by atoms with Crippen LogP contribution in [-0.4, -0.2) is 43.4 Å². The van der Waals surface area contributed by atoms with Gasteiger partial charge in [-0.25, -0.2) is 0 Å². The lowest BCUT2D eigenvalue weighted by Crippen LogP contribution is -2.47. The summed E-state index contributed by atoms with van der Waals surface area (Å²) in [5, 5.41) is 3.63. The van der Waals surface area contributed by atoms with Crippen LogP contribution in [0.2, 0.25) is 5.02 Å². The molecule has 0 radical (unpaired) electrons. The molecule has 2 aromatic carbocycles. The van der Waals surface area contributed by atoms with Crippen LogP contribution in [0.4, 0.5) is 5.69 Å². The highest BCUT2D eigenvalue weighted by Crippen LogP contribution is 2.33. The molecule has 2 aromatic rings. The molecule has 2 aliphatic rings. The van der Waals surface area contributed by atoms with Crippen LogP contribution in [0, 0.1) is 6.92 Å². The van der Waals surface area contributed by atoms with Gasteiger partial charge in [-0.2, -0.15) is 0 Å². The number of Topliss-reactive ketones (excluding diaryl/α,β-unsaturated/α-hetero) is 1. The molecule has 7 nitrogen and oxygen atoms in total. The molecule has 4 rings (SSSR count). The molecule has 174 valence electrons. The van der Waals surface area contributed by atoms with E-state index in [1.807, 2.05) is 6.92 Å². The summed E-state index contributed by atoms with van der Waals surface area (Å²) < 4.78 is 11.2. The Bertz CT molecular complexity index is 1060. The number of anilines is 1. The second-order valence-corrected chi connectivity index (χ2v) is 8.91. The van der Waals surface area contributed by atoms with Crippen LogP contribution in [0.1, 0.15) is 48.0 Å². The van der Waals surface area contributed by atoms with Gasteiger partial charge in [0.1, 0.15) is 18.0 Å². The van der Waals surface area contributed by atoms with E-state index in [9.17, 15) is 14.4 Å². The average molecular weight is 471 g/mol. The highest BCUT2D eigenvalue weighted by molar-refractivity contribution is 6.30. The molecule has 0 spiro atoms. The molecule has 1 aliphatic heterocycles. The molecular formula is C25H27ClN2O5. The Morgan fingerprint density at radius 1 is 1.15 bits per heavy atom. The minimum absolute atomic E-state index is 0.107. The number of nitrogens with one attached hydrogen (secondary N) is 1. The maximum absolute atomic E-state index is 12.8. The zero-order chi connectivity index (χ0) is 23.4. The Balaban J connectivity index is 1.45. The number of halogens is 1. The van der Waals surface area contributed by atoms with Crippen molar-refractivity contribution in [2.24, 2.45) is 0 Å². The Labute approximate surface area is 198 Å². The van der Waals surface area contributed by atoms with Crippen molar-refractivity contribution in [2.45, 2.75) is 45.1 Å². The van der Waals surface area contributed by atoms with Crippen molar-refractivity contribution in [3.05, 3.63) is 52.5 Å². The molecule has 0 unspecified atom stereocenters. The molecule has 1 saturated carbocycles. The maximum Gasteiger partial charge on any atom is 0.265 e. The standard InChI is InChI=1S/C25H27ClN2O5/c1-16-11-18(26)8-10-22(16)32-14-21(29)17-7-9-23-20(12-17)28(25(31)15-33-23)13-24(30)27-19-5-3-2-4-6-19/h7-12,19H,2-6,13-15H2,1H3,(H,27,30). The maximum atomic E-state index is 12.8. The third kappa shape index (κ3) is 5.66. The van der Waals surface area contributed by atoms with Crippen molar-refractivity contribution in [3.63, 3.8) is 0 Å². The van der Waals surface area contributed by atoms with E-state index in [1.165, 1.54) is 11.3 Å². The van der Waals surface area contributed by atoms with Gasteiger partial charge in [0.25, 0.3) is 5.91 Å². The molecule has 8 heteroatoms. The number of rotatable bonds is 7. The molecule has 33 heavy (non-hydrogen) atoms. The van der Waals surface area contributed by atoms with Gasteiger partial charge in [0, 0.05) is 16.6 Å². The topological polar surface area (TPSA) is 84.9 Å². The molecule has 1 heterocycles. The number of carbonyl (C=O) groups is 3. The van der Waals surface area contributed by atoms with E-state index in [-0.39, 0.29) is 43.4 Å².